The second-order valence-corrected chi connectivity index (χ2v) is 6.29. The first kappa shape index (κ1) is 13.1. The molecule has 0 N–H and O–H groups in total. The lowest BCUT2D eigenvalue weighted by Crippen LogP contribution is -2.34. The molecule has 0 aromatic carbocycles. The lowest BCUT2D eigenvalue weighted by molar-refractivity contribution is 0.207. The quantitative estimate of drug-likeness (QED) is 0.826. The zero-order valence-electron chi connectivity index (χ0n) is 12.1. The van der Waals surface area contributed by atoms with Crippen molar-refractivity contribution in [2.24, 2.45) is 11.8 Å². The van der Waals surface area contributed by atoms with Crippen molar-refractivity contribution in [3.63, 3.8) is 0 Å². The van der Waals surface area contributed by atoms with Gasteiger partial charge in [0.25, 0.3) is 0 Å². The smallest absolute Gasteiger partial charge is 0.0312 e. The highest BCUT2D eigenvalue weighted by atomic mass is 15.2. The summed E-state index contributed by atoms with van der Waals surface area (Å²) in [6.45, 7) is 10.9. The van der Waals surface area contributed by atoms with E-state index < -0.39 is 0 Å². The Balaban J connectivity index is 1.54. The van der Waals surface area contributed by atoms with E-state index in [1.807, 2.05) is 18.5 Å². The van der Waals surface area contributed by atoms with Gasteiger partial charge in [-0.05, 0) is 36.8 Å². The third-order valence-corrected chi connectivity index (χ3v) is 4.93. The van der Waals surface area contributed by atoms with Crippen LogP contribution in [-0.2, 0) is 6.54 Å². The summed E-state index contributed by atoms with van der Waals surface area (Å²) in [5, 5.41) is 0. The number of likely N-dealkylation sites (tertiary alicyclic amines) is 2. The molecule has 0 aliphatic carbocycles. The fourth-order valence-corrected chi connectivity index (χ4v) is 3.62. The van der Waals surface area contributed by atoms with Gasteiger partial charge in [0.15, 0.2) is 0 Å². The Morgan fingerprint density at radius 1 is 1.26 bits per heavy atom. The maximum Gasteiger partial charge on any atom is 0.0312 e. The van der Waals surface area contributed by atoms with Crippen molar-refractivity contribution in [1.29, 1.82) is 0 Å². The summed E-state index contributed by atoms with van der Waals surface area (Å²) in [5.41, 5.74) is 1.35. The Hall–Kier alpha value is -0.930. The second-order valence-electron chi connectivity index (χ2n) is 6.29. The van der Waals surface area contributed by atoms with E-state index in [1.165, 1.54) is 38.2 Å². The molecular formula is C16H25N3. The Kier molecular flexibility index (Phi) is 3.85. The van der Waals surface area contributed by atoms with Crippen LogP contribution in [0.15, 0.2) is 24.5 Å². The summed E-state index contributed by atoms with van der Waals surface area (Å²) < 4.78 is 0. The summed E-state index contributed by atoms with van der Waals surface area (Å²) in [7, 11) is 0. The lowest BCUT2D eigenvalue weighted by Gasteiger charge is -2.25. The third-order valence-electron chi connectivity index (χ3n) is 4.93. The number of rotatable bonds is 4. The molecule has 3 rings (SSSR count). The maximum atomic E-state index is 4.21. The van der Waals surface area contributed by atoms with Gasteiger partial charge >= 0.3 is 0 Å². The van der Waals surface area contributed by atoms with E-state index in [0.717, 1.165) is 24.4 Å². The van der Waals surface area contributed by atoms with Gasteiger partial charge in [-0.25, -0.2) is 0 Å². The average Bonchev–Trinajstić information content (AvgIpc) is 2.97. The van der Waals surface area contributed by atoms with Crippen LogP contribution < -0.4 is 0 Å². The highest BCUT2D eigenvalue weighted by Gasteiger charge is 2.40. The molecule has 3 nitrogen and oxygen atoms in total. The maximum absolute atomic E-state index is 4.21. The minimum Gasteiger partial charge on any atom is -0.300 e. The minimum absolute atomic E-state index is 0.761. The fraction of sp³-hybridized carbons (Fsp3) is 0.688. The van der Waals surface area contributed by atoms with Crippen LogP contribution in [0, 0.1) is 11.8 Å². The molecule has 1 unspecified atom stereocenters. The van der Waals surface area contributed by atoms with Crippen LogP contribution in [0.4, 0.5) is 0 Å². The molecule has 2 saturated heterocycles. The van der Waals surface area contributed by atoms with Crippen LogP contribution in [-0.4, -0.2) is 47.0 Å². The van der Waals surface area contributed by atoms with Crippen LogP contribution in [0.1, 0.15) is 25.8 Å². The normalized spacial score (nSPS) is 29.6. The van der Waals surface area contributed by atoms with Crippen LogP contribution in [0.2, 0.25) is 0 Å². The van der Waals surface area contributed by atoms with Gasteiger partial charge < -0.3 is 4.90 Å². The Morgan fingerprint density at radius 2 is 2.00 bits per heavy atom. The van der Waals surface area contributed by atoms with Crippen molar-refractivity contribution in [3.05, 3.63) is 30.1 Å². The van der Waals surface area contributed by atoms with Crippen LogP contribution in [0.25, 0.3) is 0 Å². The average molecular weight is 259 g/mol. The molecule has 3 heteroatoms. The van der Waals surface area contributed by atoms with Crippen molar-refractivity contribution >= 4 is 0 Å². The summed E-state index contributed by atoms with van der Waals surface area (Å²) >= 11 is 0. The number of hydrogen-bond acceptors (Lipinski definition) is 3. The molecule has 104 valence electrons. The molecule has 0 radical (unpaired) electrons. The van der Waals surface area contributed by atoms with Gasteiger partial charge in [-0.3, -0.25) is 9.88 Å². The largest absolute Gasteiger partial charge is 0.300 e. The number of hydrogen-bond donors (Lipinski definition) is 0. The SMILES string of the molecule is CCC(C)N1C[C@H]2CN(Cc3cccnc3)C[C@H]2C1. The monoisotopic (exact) mass is 259 g/mol. The van der Waals surface area contributed by atoms with E-state index in [0.29, 0.717) is 0 Å². The Morgan fingerprint density at radius 3 is 2.58 bits per heavy atom. The second kappa shape index (κ2) is 5.59. The molecule has 3 atom stereocenters. The molecule has 2 fully saturated rings. The minimum atomic E-state index is 0.761. The molecule has 0 amide bonds. The van der Waals surface area contributed by atoms with E-state index in [2.05, 4.69) is 34.7 Å². The van der Waals surface area contributed by atoms with Crippen LogP contribution in [0.3, 0.4) is 0 Å². The number of pyridine rings is 1. The van der Waals surface area contributed by atoms with E-state index >= 15 is 0 Å². The van der Waals surface area contributed by atoms with Gasteiger partial charge in [-0.15, -0.1) is 0 Å². The first-order valence-electron chi connectivity index (χ1n) is 7.61. The molecule has 1 aromatic heterocycles. The van der Waals surface area contributed by atoms with Gasteiger partial charge in [0, 0.05) is 51.2 Å². The first-order chi connectivity index (χ1) is 9.26. The van der Waals surface area contributed by atoms with Gasteiger partial charge in [-0.1, -0.05) is 13.0 Å². The molecule has 2 aliphatic heterocycles. The van der Waals surface area contributed by atoms with Crippen molar-refractivity contribution in [3.8, 4) is 0 Å². The molecule has 19 heavy (non-hydrogen) atoms. The predicted molar refractivity (Wildman–Crippen MR) is 77.8 cm³/mol. The lowest BCUT2D eigenvalue weighted by atomic mass is 10.0. The zero-order valence-corrected chi connectivity index (χ0v) is 12.1. The topological polar surface area (TPSA) is 19.4 Å². The summed E-state index contributed by atoms with van der Waals surface area (Å²) in [6, 6.07) is 4.99. The highest BCUT2D eigenvalue weighted by molar-refractivity contribution is 5.09. The van der Waals surface area contributed by atoms with Gasteiger partial charge in [0.2, 0.25) is 0 Å². The highest BCUT2D eigenvalue weighted by Crippen LogP contribution is 2.33. The number of fused-ring (bicyclic) bond motifs is 1. The Bertz CT molecular complexity index is 392. The number of nitrogens with zero attached hydrogens (tertiary/aromatic N) is 3. The van der Waals surface area contributed by atoms with E-state index in [9.17, 15) is 0 Å². The van der Waals surface area contributed by atoms with Crippen LogP contribution >= 0.6 is 0 Å². The molecular weight excluding hydrogens is 234 g/mol. The molecule has 0 bridgehead atoms. The zero-order chi connectivity index (χ0) is 13.2. The molecule has 3 heterocycles. The van der Waals surface area contributed by atoms with Crippen molar-refractivity contribution in [2.45, 2.75) is 32.9 Å². The van der Waals surface area contributed by atoms with Crippen molar-refractivity contribution < 1.29 is 0 Å². The third kappa shape index (κ3) is 2.82. The first-order valence-corrected chi connectivity index (χ1v) is 7.61. The number of aromatic nitrogens is 1. The van der Waals surface area contributed by atoms with Crippen LogP contribution in [0.5, 0.6) is 0 Å². The van der Waals surface area contributed by atoms with E-state index in [-0.39, 0.29) is 0 Å². The molecule has 0 spiro atoms. The summed E-state index contributed by atoms with van der Waals surface area (Å²) in [5.74, 6) is 1.79. The summed E-state index contributed by atoms with van der Waals surface area (Å²) in [4.78, 5) is 9.51. The van der Waals surface area contributed by atoms with E-state index in [4.69, 9.17) is 0 Å². The molecule has 1 aromatic rings. The fourth-order valence-electron chi connectivity index (χ4n) is 3.62. The van der Waals surface area contributed by atoms with Gasteiger partial charge in [0.1, 0.15) is 0 Å². The van der Waals surface area contributed by atoms with Crippen molar-refractivity contribution in [1.82, 2.24) is 14.8 Å². The van der Waals surface area contributed by atoms with Crippen molar-refractivity contribution in [2.75, 3.05) is 26.2 Å². The van der Waals surface area contributed by atoms with E-state index in [1.54, 1.807) is 0 Å². The summed E-state index contributed by atoms with van der Waals surface area (Å²) in [6.07, 6.45) is 5.13. The Labute approximate surface area is 116 Å². The standard InChI is InChI=1S/C16H25N3/c1-3-13(2)19-11-15-9-18(10-16(15)12-19)8-14-5-4-6-17-7-14/h4-7,13,15-16H,3,8-12H2,1-2H3/t13?,15-,16+. The molecule has 0 saturated carbocycles. The van der Waals surface area contributed by atoms with Gasteiger partial charge in [0.05, 0.1) is 0 Å². The molecule has 2 aliphatic rings. The van der Waals surface area contributed by atoms with Gasteiger partial charge in [-0.2, -0.15) is 0 Å². The predicted octanol–water partition coefficient (Wildman–Crippen LogP) is 2.24.